The molecule has 2 aromatic rings. The molecule has 78 valence electrons. The number of nitrogens with two attached hydrogens (primary N) is 2. The zero-order valence-corrected chi connectivity index (χ0v) is 8.90. The first kappa shape index (κ1) is 10.1. The van der Waals surface area contributed by atoms with Crippen molar-refractivity contribution in [1.29, 1.82) is 0 Å². The third-order valence-electron chi connectivity index (χ3n) is 2.81. The standard InChI is InChI=1S/C13H16N2/c1-9-6-7-10-4-2-3-5-11(10)13(9)12(15)8-14/h2-7,12H,8,14-15H2,1H3/t12-/m0/s1. The molecule has 0 unspecified atom stereocenters. The lowest BCUT2D eigenvalue weighted by molar-refractivity contribution is 0.738. The van der Waals surface area contributed by atoms with E-state index in [-0.39, 0.29) is 6.04 Å². The van der Waals surface area contributed by atoms with Gasteiger partial charge in [0, 0.05) is 12.6 Å². The maximum atomic E-state index is 6.04. The van der Waals surface area contributed by atoms with Crippen molar-refractivity contribution < 1.29 is 0 Å². The highest BCUT2D eigenvalue weighted by Gasteiger charge is 2.10. The predicted molar refractivity (Wildman–Crippen MR) is 64.7 cm³/mol. The van der Waals surface area contributed by atoms with Gasteiger partial charge in [-0.3, -0.25) is 0 Å². The van der Waals surface area contributed by atoms with Gasteiger partial charge < -0.3 is 11.5 Å². The van der Waals surface area contributed by atoms with Crippen molar-refractivity contribution in [2.75, 3.05) is 6.54 Å². The molecule has 0 saturated carbocycles. The molecule has 2 rings (SSSR count). The predicted octanol–water partition coefficient (Wildman–Crippen LogP) is 2.11. The van der Waals surface area contributed by atoms with Gasteiger partial charge in [0.2, 0.25) is 0 Å². The molecule has 2 aromatic carbocycles. The number of benzene rings is 2. The Kier molecular flexibility index (Phi) is 2.71. The Hall–Kier alpha value is -1.38. The van der Waals surface area contributed by atoms with Crippen LogP contribution in [0.3, 0.4) is 0 Å². The summed E-state index contributed by atoms with van der Waals surface area (Å²) < 4.78 is 0. The van der Waals surface area contributed by atoms with E-state index in [0.29, 0.717) is 6.54 Å². The minimum Gasteiger partial charge on any atom is -0.329 e. The molecule has 0 aliphatic carbocycles. The molecule has 0 aromatic heterocycles. The van der Waals surface area contributed by atoms with Crippen molar-refractivity contribution >= 4 is 10.8 Å². The summed E-state index contributed by atoms with van der Waals surface area (Å²) in [6, 6.07) is 12.4. The summed E-state index contributed by atoms with van der Waals surface area (Å²) in [4.78, 5) is 0. The summed E-state index contributed by atoms with van der Waals surface area (Å²) >= 11 is 0. The van der Waals surface area contributed by atoms with Crippen LogP contribution in [-0.4, -0.2) is 6.54 Å². The molecular formula is C13H16N2. The van der Waals surface area contributed by atoms with E-state index in [9.17, 15) is 0 Å². The largest absolute Gasteiger partial charge is 0.329 e. The van der Waals surface area contributed by atoms with Crippen molar-refractivity contribution in [3.05, 3.63) is 47.5 Å². The van der Waals surface area contributed by atoms with Crippen molar-refractivity contribution in [2.45, 2.75) is 13.0 Å². The average Bonchev–Trinajstić information content (AvgIpc) is 2.28. The van der Waals surface area contributed by atoms with E-state index in [1.165, 1.54) is 21.9 Å². The van der Waals surface area contributed by atoms with Crippen LogP contribution in [0, 0.1) is 6.92 Å². The Morgan fingerprint density at radius 1 is 1.13 bits per heavy atom. The van der Waals surface area contributed by atoms with E-state index in [1.807, 2.05) is 12.1 Å². The fourth-order valence-electron chi connectivity index (χ4n) is 2.01. The molecular weight excluding hydrogens is 184 g/mol. The van der Waals surface area contributed by atoms with Gasteiger partial charge >= 0.3 is 0 Å². The smallest absolute Gasteiger partial charge is 0.0428 e. The lowest BCUT2D eigenvalue weighted by atomic mass is 9.95. The molecule has 0 amide bonds. The molecule has 2 heteroatoms. The Labute approximate surface area is 89.9 Å². The Balaban J connectivity index is 2.74. The van der Waals surface area contributed by atoms with E-state index in [4.69, 9.17) is 11.5 Å². The summed E-state index contributed by atoms with van der Waals surface area (Å²) in [7, 11) is 0. The van der Waals surface area contributed by atoms with E-state index in [0.717, 1.165) is 0 Å². The maximum Gasteiger partial charge on any atom is 0.0428 e. The van der Waals surface area contributed by atoms with Crippen molar-refractivity contribution in [2.24, 2.45) is 11.5 Å². The molecule has 15 heavy (non-hydrogen) atoms. The number of hydrogen-bond donors (Lipinski definition) is 2. The fourth-order valence-corrected chi connectivity index (χ4v) is 2.01. The summed E-state index contributed by atoms with van der Waals surface area (Å²) in [5, 5.41) is 2.44. The average molecular weight is 200 g/mol. The second-order valence-electron chi connectivity index (χ2n) is 3.86. The van der Waals surface area contributed by atoms with Crippen LogP contribution < -0.4 is 11.5 Å². The molecule has 0 saturated heterocycles. The van der Waals surface area contributed by atoms with Gasteiger partial charge in [0.25, 0.3) is 0 Å². The molecule has 0 fully saturated rings. The molecule has 0 aliphatic rings. The summed E-state index contributed by atoms with van der Waals surface area (Å²) in [5.74, 6) is 0. The highest BCUT2D eigenvalue weighted by atomic mass is 14.7. The zero-order chi connectivity index (χ0) is 10.8. The topological polar surface area (TPSA) is 52.0 Å². The minimum absolute atomic E-state index is 0.0731. The molecule has 0 aliphatic heterocycles. The van der Waals surface area contributed by atoms with Gasteiger partial charge in [-0.2, -0.15) is 0 Å². The summed E-state index contributed by atoms with van der Waals surface area (Å²) in [5.41, 5.74) is 14.1. The molecule has 0 spiro atoms. The molecule has 1 atom stereocenters. The van der Waals surface area contributed by atoms with Crippen LogP contribution >= 0.6 is 0 Å². The molecule has 0 radical (unpaired) electrons. The van der Waals surface area contributed by atoms with Gasteiger partial charge in [-0.05, 0) is 28.8 Å². The van der Waals surface area contributed by atoms with Crippen LogP contribution in [0.25, 0.3) is 10.8 Å². The van der Waals surface area contributed by atoms with Crippen LogP contribution in [0.4, 0.5) is 0 Å². The monoisotopic (exact) mass is 200 g/mol. The van der Waals surface area contributed by atoms with Gasteiger partial charge in [-0.1, -0.05) is 36.4 Å². The third kappa shape index (κ3) is 1.74. The second-order valence-corrected chi connectivity index (χ2v) is 3.86. The lowest BCUT2D eigenvalue weighted by Crippen LogP contribution is -2.21. The van der Waals surface area contributed by atoms with Crippen LogP contribution in [0.1, 0.15) is 17.2 Å². The zero-order valence-electron chi connectivity index (χ0n) is 8.90. The molecule has 0 heterocycles. The van der Waals surface area contributed by atoms with Crippen molar-refractivity contribution in [3.63, 3.8) is 0 Å². The van der Waals surface area contributed by atoms with Crippen LogP contribution in [-0.2, 0) is 0 Å². The van der Waals surface area contributed by atoms with Crippen molar-refractivity contribution in [3.8, 4) is 0 Å². The van der Waals surface area contributed by atoms with Gasteiger partial charge in [-0.25, -0.2) is 0 Å². The first-order chi connectivity index (χ1) is 7.24. The highest BCUT2D eigenvalue weighted by molar-refractivity contribution is 5.87. The summed E-state index contributed by atoms with van der Waals surface area (Å²) in [6.45, 7) is 2.56. The molecule has 4 N–H and O–H groups in total. The lowest BCUT2D eigenvalue weighted by Gasteiger charge is -2.15. The maximum absolute atomic E-state index is 6.04. The van der Waals surface area contributed by atoms with Gasteiger partial charge in [0.15, 0.2) is 0 Å². The third-order valence-corrected chi connectivity index (χ3v) is 2.81. The second kappa shape index (κ2) is 4.01. The Morgan fingerprint density at radius 3 is 2.60 bits per heavy atom. The van der Waals surface area contributed by atoms with Gasteiger partial charge in [0.1, 0.15) is 0 Å². The molecule has 0 bridgehead atoms. The van der Waals surface area contributed by atoms with Gasteiger partial charge in [-0.15, -0.1) is 0 Å². The highest BCUT2D eigenvalue weighted by Crippen LogP contribution is 2.25. The SMILES string of the molecule is Cc1ccc2ccccc2c1[C@@H](N)CN. The first-order valence-corrected chi connectivity index (χ1v) is 5.18. The van der Waals surface area contributed by atoms with Crippen LogP contribution in [0.5, 0.6) is 0 Å². The fraction of sp³-hybridized carbons (Fsp3) is 0.231. The summed E-state index contributed by atoms with van der Waals surface area (Å²) in [6.07, 6.45) is 0. The quantitative estimate of drug-likeness (QED) is 0.780. The Morgan fingerprint density at radius 2 is 1.87 bits per heavy atom. The number of aryl methyl sites for hydroxylation is 1. The number of hydrogen-bond acceptors (Lipinski definition) is 2. The van der Waals surface area contributed by atoms with E-state index >= 15 is 0 Å². The normalized spacial score (nSPS) is 13.0. The van der Waals surface area contributed by atoms with Gasteiger partial charge in [0.05, 0.1) is 0 Å². The molecule has 2 nitrogen and oxygen atoms in total. The first-order valence-electron chi connectivity index (χ1n) is 5.18. The van der Waals surface area contributed by atoms with E-state index < -0.39 is 0 Å². The minimum atomic E-state index is -0.0731. The number of rotatable bonds is 2. The number of fused-ring (bicyclic) bond motifs is 1. The van der Waals surface area contributed by atoms with E-state index in [1.54, 1.807) is 0 Å². The van der Waals surface area contributed by atoms with E-state index in [2.05, 4.69) is 31.2 Å². The van der Waals surface area contributed by atoms with Crippen LogP contribution in [0.2, 0.25) is 0 Å². The Bertz CT molecular complexity index is 477. The van der Waals surface area contributed by atoms with Crippen LogP contribution in [0.15, 0.2) is 36.4 Å². The van der Waals surface area contributed by atoms with Crippen molar-refractivity contribution in [1.82, 2.24) is 0 Å².